The maximum absolute atomic E-state index is 3.71. The molecular formula is C20H18INSe. The van der Waals surface area contributed by atoms with Crippen LogP contribution in [0.1, 0.15) is 11.6 Å². The van der Waals surface area contributed by atoms with E-state index in [0.29, 0.717) is 21.0 Å². The van der Waals surface area contributed by atoms with Gasteiger partial charge in [0, 0.05) is 0 Å². The van der Waals surface area contributed by atoms with Crippen molar-refractivity contribution in [3.63, 3.8) is 0 Å². The van der Waals surface area contributed by atoms with Crippen LogP contribution in [-0.2, 0) is 0 Å². The third-order valence-electron chi connectivity index (χ3n) is 3.55. The van der Waals surface area contributed by atoms with E-state index < -0.39 is 0 Å². The molecule has 3 aromatic carbocycles. The summed E-state index contributed by atoms with van der Waals surface area (Å²) in [5.74, 6) is 0. The Hall–Kier alpha value is -1.29. The van der Waals surface area contributed by atoms with Crippen LogP contribution < -0.4 is 9.78 Å². The summed E-state index contributed by atoms with van der Waals surface area (Å²) in [5, 5.41) is 4.84. The van der Waals surface area contributed by atoms with Crippen LogP contribution in [0.15, 0.2) is 84.9 Å². The summed E-state index contributed by atoms with van der Waals surface area (Å²) >= 11 is 2.80. The van der Waals surface area contributed by atoms with Crippen molar-refractivity contribution in [3.8, 4) is 0 Å². The minimum atomic E-state index is 0.344. The Kier molecular flexibility index (Phi) is 6.14. The number of anilines is 1. The molecule has 116 valence electrons. The molecule has 0 radical (unpaired) electrons. The Morgan fingerprint density at radius 1 is 0.783 bits per heavy atom. The monoisotopic (exact) mass is 479 g/mol. The van der Waals surface area contributed by atoms with Gasteiger partial charge in [-0.15, -0.1) is 0 Å². The fraction of sp³-hybridized carbons (Fsp3) is 0.100. The first-order valence-electron chi connectivity index (χ1n) is 7.56. The van der Waals surface area contributed by atoms with Gasteiger partial charge in [0.1, 0.15) is 0 Å². The maximum atomic E-state index is 3.71. The summed E-state index contributed by atoms with van der Waals surface area (Å²) in [6.07, 6.45) is 0. The SMILES string of the molecule is Ic1ccc(NC(C[Se]c2ccccc2)c2ccccc2)cc1. The molecule has 23 heavy (non-hydrogen) atoms. The third kappa shape index (κ3) is 5.10. The van der Waals surface area contributed by atoms with Crippen molar-refractivity contribution in [1.82, 2.24) is 0 Å². The summed E-state index contributed by atoms with van der Waals surface area (Å²) in [4.78, 5) is 0. The van der Waals surface area contributed by atoms with Crippen LogP contribution >= 0.6 is 22.6 Å². The summed E-state index contributed by atoms with van der Waals surface area (Å²) in [5.41, 5.74) is 2.53. The van der Waals surface area contributed by atoms with Gasteiger partial charge in [-0.1, -0.05) is 0 Å². The van der Waals surface area contributed by atoms with Crippen LogP contribution in [0, 0.1) is 3.57 Å². The molecule has 1 N–H and O–H groups in total. The molecule has 0 spiro atoms. The zero-order valence-corrected chi connectivity index (χ0v) is 16.5. The van der Waals surface area contributed by atoms with Gasteiger partial charge in [0.15, 0.2) is 0 Å². The van der Waals surface area contributed by atoms with Crippen molar-refractivity contribution in [2.45, 2.75) is 11.4 Å². The molecule has 0 saturated carbocycles. The fourth-order valence-electron chi connectivity index (χ4n) is 2.35. The van der Waals surface area contributed by atoms with Gasteiger partial charge in [-0.25, -0.2) is 0 Å². The molecule has 3 aromatic rings. The molecule has 0 saturated heterocycles. The molecule has 0 aromatic heterocycles. The van der Waals surface area contributed by atoms with Crippen molar-refractivity contribution < 1.29 is 0 Å². The zero-order valence-electron chi connectivity index (χ0n) is 12.7. The molecule has 0 amide bonds. The Morgan fingerprint density at radius 2 is 1.39 bits per heavy atom. The number of benzene rings is 3. The minimum absolute atomic E-state index is 0.344. The predicted octanol–water partition coefficient (Wildman–Crippen LogP) is 4.89. The number of rotatable bonds is 6. The van der Waals surface area contributed by atoms with Crippen LogP contribution in [0.4, 0.5) is 5.69 Å². The summed E-state index contributed by atoms with van der Waals surface area (Å²) in [6, 6.07) is 30.5. The van der Waals surface area contributed by atoms with Crippen molar-refractivity contribution in [3.05, 3.63) is 94.1 Å². The summed E-state index contributed by atoms with van der Waals surface area (Å²) in [7, 11) is 0. The molecule has 0 aliphatic rings. The third-order valence-corrected chi connectivity index (χ3v) is 6.59. The van der Waals surface area contributed by atoms with E-state index in [4.69, 9.17) is 0 Å². The molecule has 0 aliphatic carbocycles. The zero-order chi connectivity index (χ0) is 15.9. The number of hydrogen-bond donors (Lipinski definition) is 1. The van der Waals surface area contributed by atoms with Crippen molar-refractivity contribution >= 4 is 47.7 Å². The number of nitrogens with one attached hydrogen (secondary N) is 1. The van der Waals surface area contributed by atoms with E-state index in [1.165, 1.54) is 19.3 Å². The van der Waals surface area contributed by atoms with Gasteiger partial charge < -0.3 is 0 Å². The Labute approximate surface area is 157 Å². The van der Waals surface area contributed by atoms with Gasteiger partial charge in [-0.05, 0) is 0 Å². The molecule has 3 heteroatoms. The van der Waals surface area contributed by atoms with Crippen LogP contribution in [-0.4, -0.2) is 15.0 Å². The Morgan fingerprint density at radius 3 is 2.04 bits per heavy atom. The van der Waals surface area contributed by atoms with Crippen LogP contribution in [0.25, 0.3) is 0 Å². The van der Waals surface area contributed by atoms with E-state index in [-0.39, 0.29) is 0 Å². The molecule has 0 aliphatic heterocycles. The van der Waals surface area contributed by atoms with Gasteiger partial charge in [0.2, 0.25) is 0 Å². The molecule has 1 unspecified atom stereocenters. The molecule has 1 atom stereocenters. The van der Waals surface area contributed by atoms with E-state index in [9.17, 15) is 0 Å². The van der Waals surface area contributed by atoms with E-state index in [2.05, 4.69) is 113 Å². The predicted molar refractivity (Wildman–Crippen MR) is 109 cm³/mol. The topological polar surface area (TPSA) is 12.0 Å². The van der Waals surface area contributed by atoms with Gasteiger partial charge >= 0.3 is 158 Å². The van der Waals surface area contributed by atoms with Crippen molar-refractivity contribution in [2.75, 3.05) is 5.32 Å². The first kappa shape index (κ1) is 16.6. The van der Waals surface area contributed by atoms with E-state index in [1.54, 1.807) is 0 Å². The van der Waals surface area contributed by atoms with Crippen LogP contribution in [0.2, 0.25) is 5.32 Å². The van der Waals surface area contributed by atoms with E-state index in [1.807, 2.05) is 0 Å². The molecular weight excluding hydrogens is 460 g/mol. The number of halogens is 1. The second-order valence-corrected chi connectivity index (χ2v) is 8.78. The van der Waals surface area contributed by atoms with Gasteiger partial charge in [0.25, 0.3) is 0 Å². The van der Waals surface area contributed by atoms with Crippen LogP contribution in [0.5, 0.6) is 0 Å². The normalized spacial score (nSPS) is 11.9. The molecule has 0 bridgehead atoms. The Bertz CT molecular complexity index is 714. The molecule has 0 fully saturated rings. The summed E-state index contributed by atoms with van der Waals surface area (Å²) < 4.78 is 2.71. The number of hydrogen-bond acceptors (Lipinski definition) is 1. The van der Waals surface area contributed by atoms with Gasteiger partial charge in [-0.3, -0.25) is 0 Å². The molecule has 3 rings (SSSR count). The van der Waals surface area contributed by atoms with Crippen molar-refractivity contribution in [2.24, 2.45) is 0 Å². The van der Waals surface area contributed by atoms with Crippen molar-refractivity contribution in [1.29, 1.82) is 0 Å². The second kappa shape index (κ2) is 8.53. The first-order valence-corrected chi connectivity index (χ1v) is 10.7. The molecule has 1 nitrogen and oxygen atoms in total. The quantitative estimate of drug-likeness (QED) is 0.393. The molecule has 0 heterocycles. The Balaban J connectivity index is 1.75. The van der Waals surface area contributed by atoms with E-state index >= 15 is 0 Å². The average molecular weight is 478 g/mol. The first-order chi connectivity index (χ1) is 11.3. The van der Waals surface area contributed by atoms with E-state index in [0.717, 1.165) is 5.32 Å². The summed E-state index contributed by atoms with van der Waals surface area (Å²) in [6.45, 7) is 0. The average Bonchev–Trinajstić information content (AvgIpc) is 2.62. The van der Waals surface area contributed by atoms with Crippen LogP contribution in [0.3, 0.4) is 0 Å². The van der Waals surface area contributed by atoms with Gasteiger partial charge in [0.05, 0.1) is 0 Å². The fourth-order valence-corrected chi connectivity index (χ4v) is 4.78. The second-order valence-electron chi connectivity index (χ2n) is 5.24. The standard InChI is InChI=1S/C20H18INSe/c21-17-11-13-18(14-12-17)22-20(16-7-3-1-4-8-16)15-23-19-9-5-2-6-10-19/h1-14,20,22H,15H2. The van der Waals surface area contributed by atoms with Gasteiger partial charge in [-0.2, -0.15) is 0 Å².